The van der Waals surface area contributed by atoms with Gasteiger partial charge >= 0.3 is 0 Å². The molecule has 0 radical (unpaired) electrons. The Bertz CT molecular complexity index is 1460. The van der Waals surface area contributed by atoms with Crippen LogP contribution in [-0.4, -0.2) is 33.0 Å². The molecule has 0 bridgehead atoms. The SMILES string of the molecule is CCCCCCN1C(=O)C(C#N)=C(C)/C(=C\c2cn(-c3ccccc3)nc2-c2c(C)cc(C)cc2C)C1=O. The maximum atomic E-state index is 13.6. The Labute approximate surface area is 224 Å². The molecule has 0 saturated heterocycles. The lowest BCUT2D eigenvalue weighted by Crippen LogP contribution is -2.43. The number of nitriles is 1. The van der Waals surface area contributed by atoms with Crippen molar-refractivity contribution in [3.63, 3.8) is 0 Å². The molecule has 2 aromatic carbocycles. The van der Waals surface area contributed by atoms with Gasteiger partial charge in [0.05, 0.1) is 5.69 Å². The van der Waals surface area contributed by atoms with Gasteiger partial charge in [-0.2, -0.15) is 10.4 Å². The number of carbonyl (C=O) groups is 2. The van der Waals surface area contributed by atoms with E-state index >= 15 is 0 Å². The molecule has 1 aliphatic heterocycles. The fraction of sp³-hybridized carbons (Fsp3) is 0.312. The van der Waals surface area contributed by atoms with Gasteiger partial charge < -0.3 is 0 Å². The van der Waals surface area contributed by atoms with Crippen LogP contribution in [0.1, 0.15) is 61.8 Å². The van der Waals surface area contributed by atoms with Gasteiger partial charge in [0.1, 0.15) is 17.3 Å². The Morgan fingerprint density at radius 1 is 0.947 bits per heavy atom. The molecule has 1 aliphatic rings. The zero-order chi connectivity index (χ0) is 27.4. The molecular formula is C32H34N4O2. The van der Waals surface area contributed by atoms with E-state index in [9.17, 15) is 14.9 Å². The van der Waals surface area contributed by atoms with Crippen molar-refractivity contribution in [2.75, 3.05) is 6.54 Å². The second-order valence-electron chi connectivity index (χ2n) is 9.98. The van der Waals surface area contributed by atoms with Crippen LogP contribution in [0.5, 0.6) is 0 Å². The van der Waals surface area contributed by atoms with E-state index in [1.54, 1.807) is 13.0 Å². The number of unbranched alkanes of at least 4 members (excludes halogenated alkanes) is 3. The number of aryl methyl sites for hydroxylation is 3. The summed E-state index contributed by atoms with van der Waals surface area (Å²) in [5, 5.41) is 14.8. The Morgan fingerprint density at radius 3 is 2.26 bits per heavy atom. The summed E-state index contributed by atoms with van der Waals surface area (Å²) in [5.74, 6) is -0.868. The van der Waals surface area contributed by atoms with Gasteiger partial charge in [-0.3, -0.25) is 14.5 Å². The molecule has 0 spiro atoms. The largest absolute Gasteiger partial charge is 0.274 e. The van der Waals surface area contributed by atoms with Crippen molar-refractivity contribution in [2.24, 2.45) is 0 Å². The summed E-state index contributed by atoms with van der Waals surface area (Å²) in [6.45, 7) is 10.3. The van der Waals surface area contributed by atoms with Crippen LogP contribution in [0.2, 0.25) is 0 Å². The van der Waals surface area contributed by atoms with Crippen molar-refractivity contribution in [3.8, 4) is 23.0 Å². The minimum Gasteiger partial charge on any atom is -0.274 e. The van der Waals surface area contributed by atoms with Crippen molar-refractivity contribution >= 4 is 17.9 Å². The van der Waals surface area contributed by atoms with Crippen LogP contribution in [-0.2, 0) is 9.59 Å². The fourth-order valence-corrected chi connectivity index (χ4v) is 5.14. The minimum atomic E-state index is -0.505. The smallest absolute Gasteiger partial charge is 0.271 e. The summed E-state index contributed by atoms with van der Waals surface area (Å²) in [7, 11) is 0. The molecule has 1 aromatic heterocycles. The average Bonchev–Trinajstić information content (AvgIpc) is 3.29. The van der Waals surface area contributed by atoms with Crippen LogP contribution in [0.15, 0.2) is 65.4 Å². The van der Waals surface area contributed by atoms with Crippen molar-refractivity contribution in [1.82, 2.24) is 14.7 Å². The first-order chi connectivity index (χ1) is 18.3. The number of aromatic nitrogens is 2. The topological polar surface area (TPSA) is 79.0 Å². The first-order valence-electron chi connectivity index (χ1n) is 13.2. The van der Waals surface area contributed by atoms with Gasteiger partial charge in [0.25, 0.3) is 11.8 Å². The Morgan fingerprint density at radius 2 is 1.63 bits per heavy atom. The number of carbonyl (C=O) groups excluding carboxylic acids is 2. The maximum absolute atomic E-state index is 13.6. The first-order valence-corrected chi connectivity index (χ1v) is 13.2. The highest BCUT2D eigenvalue weighted by atomic mass is 16.2. The van der Waals surface area contributed by atoms with E-state index < -0.39 is 5.91 Å². The normalized spacial score (nSPS) is 14.9. The molecule has 0 aliphatic carbocycles. The van der Waals surface area contributed by atoms with Crippen LogP contribution in [0.4, 0.5) is 0 Å². The lowest BCUT2D eigenvalue weighted by molar-refractivity contribution is -0.140. The average molecular weight is 507 g/mol. The zero-order valence-corrected chi connectivity index (χ0v) is 22.8. The molecule has 6 heteroatoms. The molecule has 0 fully saturated rings. The van der Waals surface area contributed by atoms with Gasteiger partial charge in [-0.15, -0.1) is 0 Å². The summed E-state index contributed by atoms with van der Waals surface area (Å²) in [4.78, 5) is 27.9. The molecule has 0 atom stereocenters. The van der Waals surface area contributed by atoms with Gasteiger partial charge in [-0.25, -0.2) is 4.68 Å². The number of nitrogens with zero attached hydrogens (tertiary/aromatic N) is 4. The molecule has 2 heterocycles. The number of benzene rings is 2. The van der Waals surface area contributed by atoms with Gasteiger partial charge in [0, 0.05) is 29.4 Å². The second kappa shape index (κ2) is 11.4. The van der Waals surface area contributed by atoms with Crippen LogP contribution in [0.3, 0.4) is 0 Å². The maximum Gasteiger partial charge on any atom is 0.271 e. The van der Waals surface area contributed by atoms with Crippen LogP contribution >= 0.6 is 0 Å². The van der Waals surface area contributed by atoms with Crippen molar-refractivity contribution in [2.45, 2.75) is 60.3 Å². The van der Waals surface area contributed by atoms with E-state index in [4.69, 9.17) is 5.10 Å². The molecule has 0 saturated carbocycles. The second-order valence-corrected chi connectivity index (χ2v) is 9.98. The third kappa shape index (κ3) is 5.24. The number of para-hydroxylation sites is 1. The Kier molecular flexibility index (Phi) is 8.07. The lowest BCUT2D eigenvalue weighted by atomic mass is 9.91. The first kappa shape index (κ1) is 26.8. The highest BCUT2D eigenvalue weighted by molar-refractivity contribution is 6.19. The standard InChI is InChI=1S/C32H34N4O2/c1-6-7-8-12-15-35-31(37)27(24(5)28(19-33)32(35)38)18-25-20-36(26-13-10-9-11-14-26)34-30(25)29-22(3)16-21(2)17-23(29)4/h9-11,13-14,16-18,20H,6-8,12,15H2,1-5H3/b27-18+. The highest BCUT2D eigenvalue weighted by Gasteiger charge is 2.35. The van der Waals surface area contributed by atoms with Gasteiger partial charge in [-0.05, 0) is 69.0 Å². The van der Waals surface area contributed by atoms with Crippen molar-refractivity contribution in [1.29, 1.82) is 5.26 Å². The Hall–Kier alpha value is -4.24. The predicted octanol–water partition coefficient (Wildman–Crippen LogP) is 6.64. The third-order valence-electron chi connectivity index (χ3n) is 7.04. The number of hydrogen-bond donors (Lipinski definition) is 0. The van der Waals surface area contributed by atoms with E-state index in [1.807, 2.05) is 47.3 Å². The van der Waals surface area contributed by atoms with Gasteiger partial charge in [0.2, 0.25) is 0 Å². The predicted molar refractivity (Wildman–Crippen MR) is 150 cm³/mol. The van der Waals surface area contributed by atoms with Crippen LogP contribution < -0.4 is 0 Å². The third-order valence-corrected chi connectivity index (χ3v) is 7.04. The van der Waals surface area contributed by atoms with E-state index in [2.05, 4.69) is 39.8 Å². The highest BCUT2D eigenvalue weighted by Crippen LogP contribution is 2.34. The Balaban J connectivity index is 1.89. The number of amides is 2. The molecule has 6 nitrogen and oxygen atoms in total. The van der Waals surface area contributed by atoms with E-state index in [0.717, 1.165) is 59.3 Å². The summed E-state index contributed by atoms with van der Waals surface area (Å²) < 4.78 is 1.81. The molecular weight excluding hydrogens is 472 g/mol. The molecule has 2 amide bonds. The lowest BCUT2D eigenvalue weighted by Gasteiger charge is -2.27. The quantitative estimate of drug-likeness (QED) is 0.195. The summed E-state index contributed by atoms with van der Waals surface area (Å²) in [6, 6.07) is 16.1. The van der Waals surface area contributed by atoms with E-state index in [-0.39, 0.29) is 11.5 Å². The number of hydrogen-bond acceptors (Lipinski definition) is 4. The minimum absolute atomic E-state index is 0.0195. The number of rotatable bonds is 8. The summed E-state index contributed by atoms with van der Waals surface area (Å²) in [6.07, 6.45) is 7.44. The summed E-state index contributed by atoms with van der Waals surface area (Å²) >= 11 is 0. The number of imide groups is 1. The summed E-state index contributed by atoms with van der Waals surface area (Å²) in [5.41, 5.74) is 7.54. The van der Waals surface area contributed by atoms with Crippen LogP contribution in [0, 0.1) is 32.1 Å². The van der Waals surface area contributed by atoms with Crippen molar-refractivity contribution < 1.29 is 9.59 Å². The molecule has 4 rings (SSSR count). The fourth-order valence-electron chi connectivity index (χ4n) is 5.14. The molecule has 194 valence electrons. The van der Waals surface area contributed by atoms with E-state index in [1.165, 1.54) is 10.5 Å². The molecule has 0 unspecified atom stereocenters. The monoisotopic (exact) mass is 506 g/mol. The van der Waals surface area contributed by atoms with Gasteiger partial charge in [-0.1, -0.05) is 62.1 Å². The molecule has 3 aromatic rings. The van der Waals surface area contributed by atoms with Crippen molar-refractivity contribution in [3.05, 3.63) is 87.6 Å². The molecule has 0 N–H and O–H groups in total. The van der Waals surface area contributed by atoms with Gasteiger partial charge in [0.15, 0.2) is 0 Å². The zero-order valence-electron chi connectivity index (χ0n) is 22.8. The van der Waals surface area contributed by atoms with Crippen LogP contribution in [0.25, 0.3) is 23.0 Å². The van der Waals surface area contributed by atoms with E-state index in [0.29, 0.717) is 17.7 Å². The molecule has 38 heavy (non-hydrogen) atoms.